The number of aliphatic hydroxyl groups is 1. The van der Waals surface area contributed by atoms with E-state index in [1.807, 2.05) is 0 Å². The fourth-order valence-corrected chi connectivity index (χ4v) is 0.975. The fourth-order valence-electron chi connectivity index (χ4n) is 0.526. The Morgan fingerprint density at radius 1 is 1.50 bits per heavy atom. The normalized spacial score (nSPS) is 18.7. The van der Waals surface area contributed by atoms with E-state index in [9.17, 15) is 4.57 Å². The molecule has 0 bridgehead atoms. The maximum absolute atomic E-state index is 10.6. The van der Waals surface area contributed by atoms with Gasteiger partial charge in [0.2, 0.25) is 0 Å². The Bertz CT molecular complexity index is 154. The van der Waals surface area contributed by atoms with Crippen LogP contribution >= 0.6 is 7.60 Å². The Morgan fingerprint density at radius 3 is 2.50 bits per heavy atom. The summed E-state index contributed by atoms with van der Waals surface area (Å²) in [5, 5.41) is 9.06. The van der Waals surface area contributed by atoms with E-state index in [4.69, 9.17) is 14.7 Å². The van der Waals surface area contributed by atoms with Gasteiger partial charge in [-0.1, -0.05) is 0 Å². The van der Waals surface area contributed by atoms with E-state index in [2.05, 4.69) is 4.52 Å². The molecule has 0 aromatic heterocycles. The van der Waals surface area contributed by atoms with Crippen LogP contribution in [0.5, 0.6) is 0 Å². The van der Waals surface area contributed by atoms with Gasteiger partial charge in [-0.3, -0.25) is 4.57 Å². The largest absolute Gasteiger partial charge is 0.388 e. The van der Waals surface area contributed by atoms with Crippen LogP contribution in [0.3, 0.4) is 0 Å². The highest BCUT2D eigenvalue weighted by atomic mass is 31.2. The first kappa shape index (κ1) is 12.1. The van der Waals surface area contributed by atoms with Gasteiger partial charge in [-0.2, -0.15) is 0 Å². The summed E-state index contributed by atoms with van der Waals surface area (Å²) < 4.78 is 19.9. The lowest BCUT2D eigenvalue weighted by molar-refractivity contribution is 0.0145. The summed E-state index contributed by atoms with van der Waals surface area (Å²) in [5.41, 5.74) is 0. The van der Waals surface area contributed by atoms with Gasteiger partial charge < -0.3 is 19.3 Å². The molecule has 6 heteroatoms. The highest BCUT2D eigenvalue weighted by Crippen LogP contribution is 2.36. The lowest BCUT2D eigenvalue weighted by atomic mass is 10.4. The third-order valence-corrected chi connectivity index (χ3v) is 1.65. The van der Waals surface area contributed by atoms with E-state index in [-0.39, 0.29) is 13.2 Å². The van der Waals surface area contributed by atoms with Crippen LogP contribution in [0.4, 0.5) is 0 Å². The maximum Gasteiger partial charge on any atom is 0.325 e. The first-order chi connectivity index (χ1) is 5.45. The lowest BCUT2D eigenvalue weighted by Gasteiger charge is -2.12. The van der Waals surface area contributed by atoms with E-state index in [1.165, 1.54) is 0 Å². The van der Waals surface area contributed by atoms with Crippen LogP contribution in [0, 0.1) is 0 Å². The Morgan fingerprint density at radius 2 is 2.08 bits per heavy atom. The van der Waals surface area contributed by atoms with Crippen molar-refractivity contribution >= 4 is 7.60 Å². The minimum atomic E-state index is -3.47. The molecular weight excluding hydrogens is 183 g/mol. The van der Waals surface area contributed by atoms with Crippen molar-refractivity contribution in [2.75, 3.05) is 26.5 Å². The number of aliphatic hydroxyl groups excluding tert-OH is 1. The first-order valence-corrected chi connectivity index (χ1v) is 5.68. The van der Waals surface area contributed by atoms with Crippen LogP contribution in [0.15, 0.2) is 0 Å². The summed E-state index contributed by atoms with van der Waals surface area (Å²) in [6.45, 7) is 3.31. The van der Waals surface area contributed by atoms with Gasteiger partial charge in [-0.25, -0.2) is 0 Å². The molecule has 2 N–H and O–H groups in total. The van der Waals surface area contributed by atoms with Crippen LogP contribution in [0.2, 0.25) is 0 Å². The van der Waals surface area contributed by atoms with E-state index >= 15 is 0 Å². The summed E-state index contributed by atoms with van der Waals surface area (Å²) in [5.74, 6) is 0. The summed E-state index contributed by atoms with van der Waals surface area (Å²) in [6, 6.07) is 0. The van der Waals surface area contributed by atoms with E-state index in [1.54, 1.807) is 6.92 Å². The number of ether oxygens (including phenoxy) is 1. The number of hydrogen-bond acceptors (Lipinski definition) is 4. The maximum atomic E-state index is 10.6. The van der Waals surface area contributed by atoms with Crippen LogP contribution < -0.4 is 0 Å². The second-order valence-electron chi connectivity index (χ2n) is 2.41. The predicted octanol–water partition coefficient (Wildman–Crippen LogP) is 0.216. The Kier molecular flexibility index (Phi) is 5.70. The van der Waals surface area contributed by atoms with Crippen molar-refractivity contribution in [1.29, 1.82) is 0 Å². The third-order valence-electron chi connectivity index (χ3n) is 1.02. The Labute approximate surface area is 71.8 Å². The molecule has 5 nitrogen and oxygen atoms in total. The molecule has 0 radical (unpaired) electrons. The van der Waals surface area contributed by atoms with E-state index in [0.717, 1.165) is 6.66 Å². The summed E-state index contributed by atoms with van der Waals surface area (Å²) in [6.07, 6.45) is -0.842. The monoisotopic (exact) mass is 198 g/mol. The van der Waals surface area contributed by atoms with Crippen molar-refractivity contribution in [3.05, 3.63) is 0 Å². The molecule has 0 saturated carbocycles. The molecule has 0 rings (SSSR count). The quantitative estimate of drug-likeness (QED) is 0.597. The summed E-state index contributed by atoms with van der Waals surface area (Å²) in [4.78, 5) is 8.67. The second kappa shape index (κ2) is 5.67. The molecule has 0 aliphatic rings. The van der Waals surface area contributed by atoms with Gasteiger partial charge in [0.15, 0.2) is 0 Å². The molecule has 2 atom stereocenters. The zero-order chi connectivity index (χ0) is 9.61. The van der Waals surface area contributed by atoms with Crippen LogP contribution in [-0.2, 0) is 13.8 Å². The van der Waals surface area contributed by atoms with Crippen LogP contribution in [0.1, 0.15) is 6.92 Å². The van der Waals surface area contributed by atoms with Gasteiger partial charge in [0, 0.05) is 13.3 Å². The van der Waals surface area contributed by atoms with E-state index < -0.39 is 13.7 Å². The molecule has 0 aliphatic heterocycles. The van der Waals surface area contributed by atoms with Crippen molar-refractivity contribution in [2.45, 2.75) is 13.0 Å². The topological polar surface area (TPSA) is 76.0 Å². The molecule has 0 aliphatic carbocycles. The van der Waals surface area contributed by atoms with Crippen molar-refractivity contribution in [3.63, 3.8) is 0 Å². The van der Waals surface area contributed by atoms with Gasteiger partial charge in [-0.15, -0.1) is 0 Å². The van der Waals surface area contributed by atoms with Gasteiger partial charge in [0.05, 0.1) is 13.2 Å². The van der Waals surface area contributed by atoms with Gasteiger partial charge >= 0.3 is 7.60 Å². The molecule has 74 valence electrons. The van der Waals surface area contributed by atoms with Crippen LogP contribution in [-0.4, -0.2) is 42.6 Å². The zero-order valence-electron chi connectivity index (χ0n) is 7.27. The molecule has 0 aromatic carbocycles. The smallest absolute Gasteiger partial charge is 0.325 e. The third kappa shape index (κ3) is 8.17. The Balaban J connectivity index is 3.44. The minimum Gasteiger partial charge on any atom is -0.388 e. The van der Waals surface area contributed by atoms with Crippen molar-refractivity contribution in [1.82, 2.24) is 0 Å². The molecule has 0 saturated heterocycles. The zero-order valence-corrected chi connectivity index (χ0v) is 8.16. The fraction of sp³-hybridized carbons (Fsp3) is 1.00. The van der Waals surface area contributed by atoms with Crippen LogP contribution in [0.25, 0.3) is 0 Å². The standard InChI is InChI=1S/C6H15O5P/c1-3-10-4-6(7)5-11-12(2,8)9/h6-7H,3-5H2,1-2H3,(H,8,9). The molecule has 0 heterocycles. The van der Waals surface area contributed by atoms with Crippen molar-refractivity contribution < 1.29 is 23.8 Å². The average molecular weight is 198 g/mol. The molecule has 0 aromatic rings. The highest BCUT2D eigenvalue weighted by molar-refractivity contribution is 7.51. The molecule has 12 heavy (non-hydrogen) atoms. The highest BCUT2D eigenvalue weighted by Gasteiger charge is 2.13. The van der Waals surface area contributed by atoms with Gasteiger partial charge in [0.1, 0.15) is 6.10 Å². The van der Waals surface area contributed by atoms with Gasteiger partial charge in [0.25, 0.3) is 0 Å². The molecule has 0 amide bonds. The summed E-state index contributed by atoms with van der Waals surface area (Å²) >= 11 is 0. The van der Waals surface area contributed by atoms with Crippen molar-refractivity contribution in [2.24, 2.45) is 0 Å². The predicted molar refractivity (Wildman–Crippen MR) is 44.2 cm³/mol. The van der Waals surface area contributed by atoms with Crippen molar-refractivity contribution in [3.8, 4) is 0 Å². The molecular formula is C6H15O5P. The van der Waals surface area contributed by atoms with Gasteiger partial charge in [-0.05, 0) is 6.92 Å². The molecule has 0 spiro atoms. The summed E-state index contributed by atoms with van der Waals surface area (Å²) in [7, 11) is -3.47. The Hall–Kier alpha value is 0.0700. The van der Waals surface area contributed by atoms with E-state index in [0.29, 0.717) is 6.61 Å². The molecule has 2 unspecified atom stereocenters. The SMILES string of the molecule is CCOCC(O)COP(C)(=O)O. The first-order valence-electron chi connectivity index (χ1n) is 3.66. The minimum absolute atomic E-state index is 0.122. The molecule has 0 fully saturated rings. The lowest BCUT2D eigenvalue weighted by Crippen LogP contribution is -2.20. The average Bonchev–Trinajstić information content (AvgIpc) is 1.95. The number of rotatable bonds is 6. The number of hydrogen-bond donors (Lipinski definition) is 2. The second-order valence-corrected chi connectivity index (χ2v) is 4.28.